The first-order valence-electron chi connectivity index (χ1n) is 4.08. The van der Waals surface area contributed by atoms with Gasteiger partial charge in [-0.3, -0.25) is 4.57 Å². The Morgan fingerprint density at radius 2 is 2.46 bits per heavy atom. The highest BCUT2D eigenvalue weighted by Crippen LogP contribution is 2.26. The molecule has 0 aromatic carbocycles. The summed E-state index contributed by atoms with van der Waals surface area (Å²) in [5.41, 5.74) is 1.25. The van der Waals surface area contributed by atoms with Crippen LogP contribution in [0.2, 0.25) is 0 Å². The lowest BCUT2D eigenvalue weighted by atomic mass is 10.3. The second-order valence-corrected chi connectivity index (χ2v) is 3.80. The Kier molecular flexibility index (Phi) is 1.37. The van der Waals surface area contributed by atoms with Gasteiger partial charge in [0.05, 0.1) is 0 Å². The fourth-order valence-corrected chi connectivity index (χ4v) is 2.37. The zero-order chi connectivity index (χ0) is 8.67. The first-order chi connectivity index (χ1) is 6.45. The van der Waals surface area contributed by atoms with Crippen LogP contribution in [-0.4, -0.2) is 14.8 Å². The molecule has 3 heterocycles. The van der Waals surface area contributed by atoms with Gasteiger partial charge < -0.3 is 0 Å². The highest BCUT2D eigenvalue weighted by atomic mass is 32.1. The normalized spacial score (nSPS) is 13.5. The molecule has 0 aliphatic carbocycles. The molecule has 0 amide bonds. The molecular weight excluding hydrogens is 182 g/mol. The van der Waals surface area contributed by atoms with E-state index in [0.717, 1.165) is 12.2 Å². The molecule has 0 spiro atoms. The molecule has 64 valence electrons. The maximum Gasteiger partial charge on any atom is 0.141 e. The van der Waals surface area contributed by atoms with Crippen LogP contribution in [0, 0.1) is 0 Å². The van der Waals surface area contributed by atoms with Crippen LogP contribution in [-0.2, 0) is 6.42 Å². The van der Waals surface area contributed by atoms with E-state index in [2.05, 4.69) is 38.4 Å². The van der Waals surface area contributed by atoms with Gasteiger partial charge in [0.25, 0.3) is 0 Å². The van der Waals surface area contributed by atoms with Crippen molar-refractivity contribution in [2.24, 2.45) is 0 Å². The van der Waals surface area contributed by atoms with Gasteiger partial charge in [0.15, 0.2) is 0 Å². The van der Waals surface area contributed by atoms with Gasteiger partial charge in [-0.15, -0.1) is 21.5 Å². The van der Waals surface area contributed by atoms with Gasteiger partial charge in [-0.05, 0) is 11.4 Å². The summed E-state index contributed by atoms with van der Waals surface area (Å²) in [6.45, 7) is 0. The number of aromatic nitrogens is 3. The van der Waals surface area contributed by atoms with E-state index in [0.29, 0.717) is 0 Å². The first-order valence-corrected chi connectivity index (χ1v) is 4.96. The second-order valence-electron chi connectivity index (χ2n) is 2.90. The molecule has 0 unspecified atom stereocenters. The Balaban J connectivity index is 2.34. The molecule has 2 aromatic rings. The topological polar surface area (TPSA) is 30.7 Å². The number of allylic oxidation sites excluding steroid dienone is 1. The van der Waals surface area contributed by atoms with Crippen molar-refractivity contribution in [3.63, 3.8) is 0 Å². The zero-order valence-corrected chi connectivity index (χ0v) is 7.66. The minimum absolute atomic E-state index is 0.862. The molecule has 2 aromatic heterocycles. The van der Waals surface area contributed by atoms with E-state index in [4.69, 9.17) is 0 Å². The third-order valence-electron chi connectivity index (χ3n) is 2.11. The van der Waals surface area contributed by atoms with Crippen LogP contribution in [0.3, 0.4) is 0 Å². The maximum atomic E-state index is 4.06. The van der Waals surface area contributed by atoms with E-state index >= 15 is 0 Å². The second kappa shape index (κ2) is 2.53. The van der Waals surface area contributed by atoms with Gasteiger partial charge in [-0.1, -0.05) is 12.2 Å². The number of fused-ring (bicyclic) bond motifs is 3. The van der Waals surface area contributed by atoms with Crippen LogP contribution >= 0.6 is 11.3 Å². The number of nitrogens with zero attached hydrogens (tertiary/aromatic N) is 3. The smallest absolute Gasteiger partial charge is 0.141 e. The molecule has 0 atom stereocenters. The summed E-state index contributed by atoms with van der Waals surface area (Å²) in [5.74, 6) is 1.01. The number of hydrogen-bond donors (Lipinski definition) is 0. The summed E-state index contributed by atoms with van der Waals surface area (Å²) in [7, 11) is 0. The number of thiophene rings is 1. The standard InChI is InChI=1S/C9H7N3S/c1-2-7-4-5-13-9(7)12-6-10-11-8(12)3-1/h1-2,4-6H,3H2. The van der Waals surface area contributed by atoms with Crippen molar-refractivity contribution >= 4 is 17.4 Å². The summed E-state index contributed by atoms with van der Waals surface area (Å²) in [5, 5.41) is 11.3. The summed E-state index contributed by atoms with van der Waals surface area (Å²) < 4.78 is 2.06. The Bertz CT molecular complexity index is 467. The summed E-state index contributed by atoms with van der Waals surface area (Å²) in [6, 6.07) is 2.12. The van der Waals surface area contributed by atoms with Crippen LogP contribution in [0.1, 0.15) is 11.4 Å². The molecule has 0 bridgehead atoms. The van der Waals surface area contributed by atoms with Gasteiger partial charge in [0.1, 0.15) is 17.2 Å². The molecule has 13 heavy (non-hydrogen) atoms. The van der Waals surface area contributed by atoms with Crippen molar-refractivity contribution in [2.75, 3.05) is 0 Å². The average molecular weight is 189 g/mol. The predicted octanol–water partition coefficient (Wildman–Crippen LogP) is 1.90. The third-order valence-corrected chi connectivity index (χ3v) is 3.04. The molecule has 3 nitrogen and oxygen atoms in total. The molecule has 4 heteroatoms. The molecule has 0 saturated heterocycles. The van der Waals surface area contributed by atoms with E-state index in [1.54, 1.807) is 17.7 Å². The molecule has 0 saturated carbocycles. The van der Waals surface area contributed by atoms with Gasteiger partial charge in [-0.25, -0.2) is 0 Å². The lowest BCUT2D eigenvalue weighted by molar-refractivity contribution is 0.938. The van der Waals surface area contributed by atoms with E-state index in [9.17, 15) is 0 Å². The van der Waals surface area contributed by atoms with E-state index in [-0.39, 0.29) is 0 Å². The summed E-state index contributed by atoms with van der Waals surface area (Å²) in [6.07, 6.45) is 6.90. The average Bonchev–Trinajstić information content (AvgIpc) is 2.72. The van der Waals surface area contributed by atoms with Crippen LogP contribution < -0.4 is 0 Å². The van der Waals surface area contributed by atoms with Crippen LogP contribution in [0.15, 0.2) is 23.8 Å². The van der Waals surface area contributed by atoms with Gasteiger partial charge in [0.2, 0.25) is 0 Å². The number of rotatable bonds is 0. The van der Waals surface area contributed by atoms with Crippen molar-refractivity contribution in [1.29, 1.82) is 0 Å². The van der Waals surface area contributed by atoms with Crippen molar-refractivity contribution < 1.29 is 0 Å². The quantitative estimate of drug-likeness (QED) is 0.633. The van der Waals surface area contributed by atoms with E-state index < -0.39 is 0 Å². The summed E-state index contributed by atoms with van der Waals surface area (Å²) in [4.78, 5) is 0. The lowest BCUT2D eigenvalue weighted by Crippen LogP contribution is -1.95. The van der Waals surface area contributed by atoms with Gasteiger partial charge >= 0.3 is 0 Å². The highest BCUT2D eigenvalue weighted by molar-refractivity contribution is 7.12. The molecule has 0 N–H and O–H groups in total. The van der Waals surface area contributed by atoms with Gasteiger partial charge in [0, 0.05) is 12.0 Å². The highest BCUT2D eigenvalue weighted by Gasteiger charge is 2.11. The van der Waals surface area contributed by atoms with E-state index in [1.807, 2.05) is 0 Å². The van der Waals surface area contributed by atoms with Crippen molar-refractivity contribution in [1.82, 2.24) is 14.8 Å². The monoisotopic (exact) mass is 189 g/mol. The molecule has 0 radical (unpaired) electrons. The van der Waals surface area contributed by atoms with Crippen LogP contribution in [0.5, 0.6) is 0 Å². The Hall–Kier alpha value is -1.42. The molecule has 1 aliphatic rings. The third kappa shape index (κ3) is 0.954. The van der Waals surface area contributed by atoms with Crippen molar-refractivity contribution in [3.8, 4) is 5.00 Å². The maximum absolute atomic E-state index is 4.06. The number of hydrogen-bond acceptors (Lipinski definition) is 3. The molecular formula is C9H7N3S. The summed E-state index contributed by atoms with van der Waals surface area (Å²) >= 11 is 1.72. The minimum atomic E-state index is 0.862. The Labute approximate surface area is 79.4 Å². The first kappa shape index (κ1) is 7.03. The predicted molar refractivity (Wildman–Crippen MR) is 52.0 cm³/mol. The molecule has 1 aliphatic heterocycles. The SMILES string of the molecule is C1=Cc2ccsc2-n2cnnc2C1. The molecule has 0 fully saturated rings. The largest absolute Gasteiger partial charge is 0.276 e. The fraction of sp³-hybridized carbons (Fsp3) is 0.111. The van der Waals surface area contributed by atoms with E-state index in [1.165, 1.54) is 10.6 Å². The van der Waals surface area contributed by atoms with Crippen LogP contribution in [0.25, 0.3) is 11.1 Å². The van der Waals surface area contributed by atoms with Crippen LogP contribution in [0.4, 0.5) is 0 Å². The van der Waals surface area contributed by atoms with Crippen molar-refractivity contribution in [3.05, 3.63) is 35.2 Å². The fourth-order valence-electron chi connectivity index (χ4n) is 1.49. The Morgan fingerprint density at radius 1 is 1.46 bits per heavy atom. The lowest BCUT2D eigenvalue weighted by Gasteiger charge is -1.99. The molecule has 3 rings (SSSR count). The Morgan fingerprint density at radius 3 is 3.46 bits per heavy atom. The minimum Gasteiger partial charge on any atom is -0.276 e. The van der Waals surface area contributed by atoms with Gasteiger partial charge in [-0.2, -0.15) is 0 Å². The zero-order valence-electron chi connectivity index (χ0n) is 6.84. The van der Waals surface area contributed by atoms with Crippen molar-refractivity contribution in [2.45, 2.75) is 6.42 Å².